The molecular weight excluding hydrogens is 283 g/mol. The van der Waals surface area contributed by atoms with E-state index in [1.807, 2.05) is 0 Å². The number of aliphatic hydroxyl groups is 1. The van der Waals surface area contributed by atoms with Gasteiger partial charge in [-0.15, -0.1) is 5.10 Å². The zero-order chi connectivity index (χ0) is 15.3. The molecule has 7 nitrogen and oxygen atoms in total. The fourth-order valence-electron chi connectivity index (χ4n) is 1.50. The van der Waals surface area contributed by atoms with Crippen LogP contribution in [-0.2, 0) is 22.2 Å². The summed E-state index contributed by atoms with van der Waals surface area (Å²) in [6.45, 7) is 0.689. The Balaban J connectivity index is 3.10. The van der Waals surface area contributed by atoms with Crippen LogP contribution in [-0.4, -0.2) is 52.5 Å². The minimum atomic E-state index is -4.85. The molecule has 0 bridgehead atoms. The molecule has 1 heterocycles. The van der Waals surface area contributed by atoms with Crippen molar-refractivity contribution in [2.75, 3.05) is 20.3 Å². The molecule has 114 valence electrons. The quantitative estimate of drug-likeness (QED) is 0.769. The second-order valence-electron chi connectivity index (χ2n) is 3.80. The summed E-state index contributed by atoms with van der Waals surface area (Å²) in [6.07, 6.45) is -6.06. The van der Waals surface area contributed by atoms with Crippen LogP contribution < -0.4 is 0 Å². The van der Waals surface area contributed by atoms with E-state index >= 15 is 0 Å². The lowest BCUT2D eigenvalue weighted by molar-refractivity contribution is -0.145. The van der Waals surface area contributed by atoms with Crippen LogP contribution >= 0.6 is 0 Å². The Morgan fingerprint density at radius 2 is 2.15 bits per heavy atom. The van der Waals surface area contributed by atoms with Gasteiger partial charge >= 0.3 is 12.1 Å². The average molecular weight is 297 g/mol. The van der Waals surface area contributed by atoms with Crippen LogP contribution in [0.25, 0.3) is 0 Å². The molecule has 20 heavy (non-hydrogen) atoms. The van der Waals surface area contributed by atoms with Crippen LogP contribution in [0, 0.1) is 0 Å². The summed E-state index contributed by atoms with van der Waals surface area (Å²) < 4.78 is 48.4. The van der Waals surface area contributed by atoms with Crippen molar-refractivity contribution in [3.05, 3.63) is 11.4 Å². The number of hydrogen-bond donors (Lipinski definition) is 1. The van der Waals surface area contributed by atoms with Crippen LogP contribution in [0.2, 0.25) is 0 Å². The molecule has 0 aliphatic rings. The maximum absolute atomic E-state index is 13.0. The number of aliphatic hydroxyl groups excluding tert-OH is 1. The number of rotatable bonds is 6. The number of methoxy groups -OCH3 is 1. The first-order valence-electron chi connectivity index (χ1n) is 5.66. The maximum atomic E-state index is 13.0. The second kappa shape index (κ2) is 6.66. The highest BCUT2D eigenvalue weighted by molar-refractivity contribution is 5.88. The second-order valence-corrected chi connectivity index (χ2v) is 3.80. The van der Waals surface area contributed by atoms with Crippen LogP contribution in [0.5, 0.6) is 0 Å². The van der Waals surface area contributed by atoms with E-state index < -0.39 is 36.2 Å². The first-order chi connectivity index (χ1) is 9.31. The Morgan fingerprint density at radius 3 is 2.65 bits per heavy atom. The highest BCUT2D eigenvalue weighted by Crippen LogP contribution is 2.31. The molecule has 0 amide bonds. The number of alkyl halides is 3. The van der Waals surface area contributed by atoms with E-state index in [1.165, 1.54) is 14.0 Å². The highest BCUT2D eigenvalue weighted by Gasteiger charge is 2.42. The SMILES string of the molecule is CCOC(=O)c1nnn(CC(O)COC)c1C(F)(F)F. The summed E-state index contributed by atoms with van der Waals surface area (Å²) in [7, 11) is 1.29. The molecule has 0 aromatic carbocycles. The largest absolute Gasteiger partial charge is 0.461 e. The lowest BCUT2D eigenvalue weighted by Gasteiger charge is -2.13. The Kier molecular flexibility index (Phi) is 5.45. The Hall–Kier alpha value is -1.68. The van der Waals surface area contributed by atoms with Gasteiger partial charge < -0.3 is 14.6 Å². The topological polar surface area (TPSA) is 86.5 Å². The first-order valence-corrected chi connectivity index (χ1v) is 5.66. The molecule has 1 aromatic rings. The van der Waals surface area contributed by atoms with Gasteiger partial charge in [-0.1, -0.05) is 5.21 Å². The lowest BCUT2D eigenvalue weighted by Crippen LogP contribution is -2.26. The van der Waals surface area contributed by atoms with Crippen LogP contribution in [0.4, 0.5) is 13.2 Å². The summed E-state index contributed by atoms with van der Waals surface area (Å²) in [4.78, 5) is 11.4. The molecule has 10 heteroatoms. The van der Waals surface area contributed by atoms with Crippen molar-refractivity contribution in [2.24, 2.45) is 0 Å². The van der Waals surface area contributed by atoms with Crippen LogP contribution in [0.3, 0.4) is 0 Å². The average Bonchev–Trinajstić information content (AvgIpc) is 2.73. The number of nitrogens with zero attached hydrogens (tertiary/aromatic N) is 3. The van der Waals surface area contributed by atoms with Crippen molar-refractivity contribution < 1.29 is 32.5 Å². The highest BCUT2D eigenvalue weighted by atomic mass is 19.4. The van der Waals surface area contributed by atoms with Crippen molar-refractivity contribution in [2.45, 2.75) is 25.7 Å². The van der Waals surface area contributed by atoms with E-state index in [1.54, 1.807) is 0 Å². The molecule has 1 unspecified atom stereocenters. The summed E-state index contributed by atoms with van der Waals surface area (Å²) in [6, 6.07) is 0. The third kappa shape index (κ3) is 3.90. The van der Waals surface area contributed by atoms with Crippen molar-refractivity contribution in [1.82, 2.24) is 15.0 Å². The summed E-state index contributed by atoms with van der Waals surface area (Å²) in [5.74, 6) is -1.22. The third-order valence-corrected chi connectivity index (χ3v) is 2.22. The minimum absolute atomic E-state index is 0.0880. The molecule has 1 N–H and O–H groups in total. The number of carbonyl (C=O) groups excluding carboxylic acids is 1. The minimum Gasteiger partial charge on any atom is -0.461 e. The molecule has 1 atom stereocenters. The lowest BCUT2D eigenvalue weighted by atomic mass is 10.3. The number of esters is 1. The fraction of sp³-hybridized carbons (Fsp3) is 0.700. The van der Waals surface area contributed by atoms with Gasteiger partial charge in [-0.2, -0.15) is 13.2 Å². The standard InChI is InChI=1S/C10H14F3N3O4/c1-3-20-9(18)7-8(10(11,12)13)16(15-14-7)4-6(17)5-19-2/h6,17H,3-5H2,1-2H3. The smallest absolute Gasteiger partial charge is 0.435 e. The number of hydrogen-bond acceptors (Lipinski definition) is 6. The molecule has 1 rings (SSSR count). The summed E-state index contributed by atoms with van der Waals surface area (Å²) >= 11 is 0. The van der Waals surface area contributed by atoms with Crippen molar-refractivity contribution >= 4 is 5.97 Å². The van der Waals surface area contributed by atoms with Gasteiger partial charge in [-0.05, 0) is 6.92 Å². The van der Waals surface area contributed by atoms with Gasteiger partial charge in [0.1, 0.15) is 0 Å². The molecule has 0 saturated heterocycles. The first kappa shape index (κ1) is 16.4. The van der Waals surface area contributed by atoms with Gasteiger partial charge in [0.05, 0.1) is 25.9 Å². The van der Waals surface area contributed by atoms with E-state index in [9.17, 15) is 23.1 Å². The van der Waals surface area contributed by atoms with Gasteiger partial charge in [0.25, 0.3) is 0 Å². The van der Waals surface area contributed by atoms with Gasteiger partial charge in [0, 0.05) is 7.11 Å². The predicted molar refractivity (Wildman–Crippen MR) is 58.9 cm³/mol. The monoisotopic (exact) mass is 297 g/mol. The van der Waals surface area contributed by atoms with Crippen molar-refractivity contribution in [3.63, 3.8) is 0 Å². The summed E-state index contributed by atoms with van der Waals surface area (Å²) in [5, 5.41) is 15.9. The molecule has 0 aliphatic heterocycles. The van der Waals surface area contributed by atoms with Gasteiger partial charge in [0.15, 0.2) is 5.69 Å². The molecule has 0 saturated carbocycles. The number of halogens is 3. The molecule has 0 radical (unpaired) electrons. The van der Waals surface area contributed by atoms with Crippen LogP contribution in [0.15, 0.2) is 0 Å². The third-order valence-electron chi connectivity index (χ3n) is 2.22. The number of carbonyl (C=O) groups is 1. The molecular formula is C10H14F3N3O4. The normalized spacial score (nSPS) is 13.3. The Labute approximate surface area is 112 Å². The Morgan fingerprint density at radius 1 is 1.50 bits per heavy atom. The number of aromatic nitrogens is 3. The van der Waals surface area contributed by atoms with Crippen LogP contribution in [0.1, 0.15) is 23.1 Å². The van der Waals surface area contributed by atoms with E-state index in [-0.39, 0.29) is 13.2 Å². The molecule has 0 aliphatic carbocycles. The van der Waals surface area contributed by atoms with Gasteiger partial charge in [-0.3, -0.25) is 0 Å². The van der Waals surface area contributed by atoms with E-state index in [0.29, 0.717) is 4.68 Å². The fourth-order valence-corrected chi connectivity index (χ4v) is 1.50. The molecule has 0 fully saturated rings. The van der Waals surface area contributed by atoms with Gasteiger partial charge in [-0.25, -0.2) is 9.48 Å². The predicted octanol–water partition coefficient (Wildman–Crippen LogP) is 0.481. The van der Waals surface area contributed by atoms with E-state index in [4.69, 9.17) is 0 Å². The zero-order valence-corrected chi connectivity index (χ0v) is 10.8. The summed E-state index contributed by atoms with van der Waals surface area (Å²) in [5.41, 5.74) is -2.28. The number of ether oxygens (including phenoxy) is 2. The molecule has 0 spiro atoms. The Bertz CT molecular complexity index is 461. The van der Waals surface area contributed by atoms with E-state index in [0.717, 1.165) is 0 Å². The van der Waals surface area contributed by atoms with Crippen molar-refractivity contribution in [1.29, 1.82) is 0 Å². The van der Waals surface area contributed by atoms with E-state index in [2.05, 4.69) is 19.8 Å². The molecule has 1 aromatic heterocycles. The van der Waals surface area contributed by atoms with Crippen molar-refractivity contribution in [3.8, 4) is 0 Å². The zero-order valence-electron chi connectivity index (χ0n) is 10.8. The van der Waals surface area contributed by atoms with Gasteiger partial charge in [0.2, 0.25) is 5.69 Å². The maximum Gasteiger partial charge on any atom is 0.435 e.